The largest absolute Gasteiger partial charge is 0.469 e. The number of hydrogen-bond donors (Lipinski definition) is 0. The minimum absolute atomic E-state index is 0.145. The molecule has 0 spiro atoms. The second kappa shape index (κ2) is 5.65. The highest BCUT2D eigenvalue weighted by Gasteiger charge is 2.13. The second-order valence-electron chi connectivity index (χ2n) is 4.59. The fourth-order valence-electron chi connectivity index (χ4n) is 2.01. The molecular weight excluding hydrogens is 238 g/mol. The lowest BCUT2D eigenvalue weighted by molar-refractivity contribution is 0.111. The minimum atomic E-state index is -0.145. The molecule has 0 saturated heterocycles. The van der Waals surface area contributed by atoms with Crippen LogP contribution in [0.15, 0.2) is 36.4 Å². The van der Waals surface area contributed by atoms with Crippen molar-refractivity contribution in [2.45, 2.75) is 26.9 Å². The predicted molar refractivity (Wildman–Crippen MR) is 74.6 cm³/mol. The normalized spacial score (nSPS) is 11.9. The van der Waals surface area contributed by atoms with Gasteiger partial charge in [0, 0.05) is 5.69 Å². The number of aromatic nitrogens is 1. The third kappa shape index (κ3) is 2.99. The van der Waals surface area contributed by atoms with Crippen LogP contribution in [-0.4, -0.2) is 11.3 Å². The highest BCUT2D eigenvalue weighted by Crippen LogP contribution is 2.25. The summed E-state index contributed by atoms with van der Waals surface area (Å²) in [7, 11) is 0. The number of aldehydes is 1. The fourth-order valence-corrected chi connectivity index (χ4v) is 2.01. The summed E-state index contributed by atoms with van der Waals surface area (Å²) in [6, 6.07) is 11.8. The third-order valence-electron chi connectivity index (χ3n) is 3.03. The molecule has 0 saturated carbocycles. The second-order valence-corrected chi connectivity index (χ2v) is 4.59. The SMILES string of the molecule is Cc1cc(C)c(C=O)c(OC(C)c2ccccc2)n1. The van der Waals surface area contributed by atoms with Crippen molar-refractivity contribution in [1.29, 1.82) is 0 Å². The van der Waals surface area contributed by atoms with Crippen LogP contribution in [0.5, 0.6) is 5.88 Å². The van der Waals surface area contributed by atoms with E-state index in [1.807, 2.05) is 57.2 Å². The third-order valence-corrected chi connectivity index (χ3v) is 3.03. The Labute approximate surface area is 113 Å². The lowest BCUT2D eigenvalue weighted by Crippen LogP contribution is -2.07. The van der Waals surface area contributed by atoms with Crippen molar-refractivity contribution in [2.24, 2.45) is 0 Å². The van der Waals surface area contributed by atoms with E-state index < -0.39 is 0 Å². The summed E-state index contributed by atoms with van der Waals surface area (Å²) in [4.78, 5) is 15.5. The average molecular weight is 255 g/mol. The predicted octanol–water partition coefficient (Wildman–Crippen LogP) is 3.65. The molecule has 0 radical (unpaired) electrons. The van der Waals surface area contributed by atoms with Crippen LogP contribution in [0.4, 0.5) is 0 Å². The first-order valence-corrected chi connectivity index (χ1v) is 6.27. The zero-order valence-electron chi connectivity index (χ0n) is 11.4. The molecule has 1 aromatic heterocycles. The fraction of sp³-hybridized carbons (Fsp3) is 0.250. The molecule has 2 rings (SSSR count). The number of aryl methyl sites for hydroxylation is 2. The number of carbonyl (C=O) groups is 1. The quantitative estimate of drug-likeness (QED) is 0.783. The maximum absolute atomic E-state index is 11.2. The van der Waals surface area contributed by atoms with Crippen molar-refractivity contribution < 1.29 is 9.53 Å². The van der Waals surface area contributed by atoms with Crippen molar-refractivity contribution >= 4 is 6.29 Å². The maximum Gasteiger partial charge on any atom is 0.225 e. The highest BCUT2D eigenvalue weighted by atomic mass is 16.5. The summed E-state index contributed by atoms with van der Waals surface area (Å²) in [5.41, 5.74) is 3.31. The van der Waals surface area contributed by atoms with E-state index in [-0.39, 0.29) is 6.10 Å². The van der Waals surface area contributed by atoms with Gasteiger partial charge in [-0.05, 0) is 38.0 Å². The molecule has 2 aromatic rings. The Hall–Kier alpha value is -2.16. The molecule has 0 aliphatic rings. The first-order valence-electron chi connectivity index (χ1n) is 6.27. The molecule has 19 heavy (non-hydrogen) atoms. The van der Waals surface area contributed by atoms with Crippen LogP contribution < -0.4 is 4.74 Å². The smallest absolute Gasteiger partial charge is 0.225 e. The number of pyridine rings is 1. The van der Waals surface area contributed by atoms with Crippen LogP contribution in [0, 0.1) is 13.8 Å². The monoisotopic (exact) mass is 255 g/mol. The van der Waals surface area contributed by atoms with Crippen molar-refractivity contribution in [2.75, 3.05) is 0 Å². The first kappa shape index (κ1) is 13.3. The van der Waals surface area contributed by atoms with Crippen molar-refractivity contribution in [3.05, 3.63) is 58.8 Å². The Kier molecular flexibility index (Phi) is 3.95. The lowest BCUT2D eigenvalue weighted by Gasteiger charge is -2.16. The lowest BCUT2D eigenvalue weighted by atomic mass is 10.1. The maximum atomic E-state index is 11.2. The van der Waals surface area contributed by atoms with Gasteiger partial charge in [-0.15, -0.1) is 0 Å². The molecule has 0 aliphatic carbocycles. The van der Waals surface area contributed by atoms with E-state index in [0.29, 0.717) is 11.4 Å². The van der Waals surface area contributed by atoms with Gasteiger partial charge in [0.1, 0.15) is 6.10 Å². The van der Waals surface area contributed by atoms with Gasteiger partial charge >= 0.3 is 0 Å². The Morgan fingerprint density at radius 3 is 2.53 bits per heavy atom. The van der Waals surface area contributed by atoms with Crippen LogP contribution in [0.2, 0.25) is 0 Å². The van der Waals surface area contributed by atoms with Crippen LogP contribution in [-0.2, 0) is 0 Å². The molecule has 0 amide bonds. The van der Waals surface area contributed by atoms with Gasteiger partial charge in [0.2, 0.25) is 5.88 Å². The van der Waals surface area contributed by atoms with Crippen LogP contribution in [0.1, 0.15) is 40.2 Å². The number of ether oxygens (including phenoxy) is 1. The summed E-state index contributed by atoms with van der Waals surface area (Å²) in [6.07, 6.45) is 0.656. The van der Waals surface area contributed by atoms with E-state index in [9.17, 15) is 4.79 Å². The van der Waals surface area contributed by atoms with E-state index >= 15 is 0 Å². The van der Waals surface area contributed by atoms with Gasteiger partial charge in [-0.3, -0.25) is 4.79 Å². The summed E-state index contributed by atoms with van der Waals surface area (Å²) in [5, 5.41) is 0. The summed E-state index contributed by atoms with van der Waals surface area (Å²) < 4.78 is 5.84. The Bertz CT molecular complexity index is 579. The standard InChI is InChI=1S/C16H17NO2/c1-11-9-12(2)17-16(15(11)10-18)19-13(3)14-7-5-4-6-8-14/h4-10,13H,1-3H3. The molecule has 0 bridgehead atoms. The van der Waals surface area contributed by atoms with Gasteiger partial charge in [-0.2, -0.15) is 0 Å². The topological polar surface area (TPSA) is 39.2 Å². The van der Waals surface area contributed by atoms with Gasteiger partial charge in [0.25, 0.3) is 0 Å². The van der Waals surface area contributed by atoms with Gasteiger partial charge < -0.3 is 4.74 Å². The van der Waals surface area contributed by atoms with Crippen molar-refractivity contribution in [3.8, 4) is 5.88 Å². The summed E-state index contributed by atoms with van der Waals surface area (Å²) in [5.74, 6) is 0.406. The van der Waals surface area contributed by atoms with E-state index in [1.165, 1.54) is 0 Å². The molecular formula is C16H17NO2. The molecule has 3 heteroatoms. The Morgan fingerprint density at radius 2 is 1.89 bits per heavy atom. The molecule has 0 aliphatic heterocycles. The van der Waals surface area contributed by atoms with Gasteiger partial charge in [-0.25, -0.2) is 4.98 Å². The first-order chi connectivity index (χ1) is 9.11. The molecule has 0 fully saturated rings. The molecule has 0 N–H and O–H groups in total. The van der Waals surface area contributed by atoms with Gasteiger partial charge in [0.05, 0.1) is 5.56 Å². The zero-order chi connectivity index (χ0) is 13.8. The van der Waals surface area contributed by atoms with E-state index in [0.717, 1.165) is 23.1 Å². The Balaban J connectivity index is 2.31. The van der Waals surface area contributed by atoms with E-state index in [2.05, 4.69) is 4.98 Å². The van der Waals surface area contributed by atoms with E-state index in [4.69, 9.17) is 4.74 Å². The van der Waals surface area contributed by atoms with Crippen molar-refractivity contribution in [1.82, 2.24) is 4.98 Å². The zero-order valence-corrected chi connectivity index (χ0v) is 11.4. The number of hydrogen-bond acceptors (Lipinski definition) is 3. The van der Waals surface area contributed by atoms with E-state index in [1.54, 1.807) is 0 Å². The molecule has 3 nitrogen and oxygen atoms in total. The molecule has 1 unspecified atom stereocenters. The number of carbonyl (C=O) groups excluding carboxylic acids is 1. The van der Waals surface area contributed by atoms with Gasteiger partial charge in [-0.1, -0.05) is 30.3 Å². The van der Waals surface area contributed by atoms with Gasteiger partial charge in [0.15, 0.2) is 6.29 Å². The summed E-state index contributed by atoms with van der Waals surface area (Å²) >= 11 is 0. The van der Waals surface area contributed by atoms with Crippen molar-refractivity contribution in [3.63, 3.8) is 0 Å². The molecule has 1 atom stereocenters. The number of nitrogens with zero attached hydrogens (tertiary/aromatic N) is 1. The number of benzene rings is 1. The Morgan fingerprint density at radius 1 is 1.21 bits per heavy atom. The summed E-state index contributed by atoms with van der Waals surface area (Å²) in [6.45, 7) is 5.73. The van der Waals surface area contributed by atoms with Crippen LogP contribution in [0.25, 0.3) is 0 Å². The number of rotatable bonds is 4. The highest BCUT2D eigenvalue weighted by molar-refractivity contribution is 5.80. The molecule has 98 valence electrons. The van der Waals surface area contributed by atoms with Crippen LogP contribution in [0.3, 0.4) is 0 Å². The average Bonchev–Trinajstić information content (AvgIpc) is 2.39. The molecule has 1 heterocycles. The minimum Gasteiger partial charge on any atom is -0.469 e. The molecule has 1 aromatic carbocycles. The van der Waals surface area contributed by atoms with Crippen LogP contribution >= 0.6 is 0 Å².